The van der Waals surface area contributed by atoms with E-state index in [9.17, 15) is 14.0 Å². The average molecular weight is 545 g/mol. The lowest BCUT2D eigenvalue weighted by Gasteiger charge is -2.42. The Morgan fingerprint density at radius 3 is 2.62 bits per heavy atom. The van der Waals surface area contributed by atoms with Gasteiger partial charge >= 0.3 is 0 Å². The van der Waals surface area contributed by atoms with Gasteiger partial charge in [-0.1, -0.05) is 37.3 Å². The summed E-state index contributed by atoms with van der Waals surface area (Å²) in [6, 6.07) is 6.65. The van der Waals surface area contributed by atoms with Gasteiger partial charge in [-0.3, -0.25) is 14.5 Å². The largest absolute Gasteiger partial charge is 0.385 e. The summed E-state index contributed by atoms with van der Waals surface area (Å²) in [6.45, 7) is 8.57. The monoisotopic (exact) mass is 544 g/mol. The highest BCUT2D eigenvalue weighted by atomic mass is 19.1. The van der Waals surface area contributed by atoms with Crippen molar-refractivity contribution in [3.63, 3.8) is 0 Å². The second kappa shape index (κ2) is 13.0. The quantitative estimate of drug-likeness (QED) is 0.431. The normalized spacial score (nSPS) is 20.8. The Hall–Kier alpha value is -2.89. The van der Waals surface area contributed by atoms with E-state index in [1.54, 1.807) is 17.9 Å². The van der Waals surface area contributed by atoms with Crippen molar-refractivity contribution in [1.29, 1.82) is 0 Å². The molecule has 0 spiro atoms. The van der Waals surface area contributed by atoms with Crippen LogP contribution in [0, 0.1) is 11.7 Å². The number of benzene rings is 1. The molecule has 1 aromatic carbocycles. The summed E-state index contributed by atoms with van der Waals surface area (Å²) in [5.41, 5.74) is 6.66. The number of methoxy groups -OCH3 is 1. The zero-order chi connectivity index (χ0) is 28.0. The first-order valence-electron chi connectivity index (χ1n) is 13.8. The molecule has 11 heteroatoms. The Kier molecular flexibility index (Phi) is 9.68. The molecule has 1 aromatic heterocycles. The Balaban J connectivity index is 1.62. The third-order valence-electron chi connectivity index (χ3n) is 7.78. The highest BCUT2D eigenvalue weighted by Gasteiger charge is 2.39. The van der Waals surface area contributed by atoms with Crippen molar-refractivity contribution in [3.8, 4) is 0 Å². The zero-order valence-electron chi connectivity index (χ0n) is 23.3. The first-order valence-corrected chi connectivity index (χ1v) is 13.8. The predicted octanol–water partition coefficient (Wildman–Crippen LogP) is 2.18. The molecule has 214 valence electrons. The number of carbonyl (C=O) groups excluding carboxylic acids is 2. The minimum atomic E-state index is -0.614. The predicted molar refractivity (Wildman–Crippen MR) is 144 cm³/mol. The second-order valence-electron chi connectivity index (χ2n) is 11.2. The molecule has 10 nitrogen and oxygen atoms in total. The topological polar surface area (TPSA) is 116 Å². The fourth-order valence-electron chi connectivity index (χ4n) is 5.91. The number of amides is 2. The molecular weight excluding hydrogens is 503 g/mol. The van der Waals surface area contributed by atoms with Crippen molar-refractivity contribution in [2.24, 2.45) is 11.7 Å². The van der Waals surface area contributed by atoms with Gasteiger partial charge in [-0.25, -0.2) is 9.07 Å². The number of rotatable bonds is 11. The highest BCUT2D eigenvalue weighted by molar-refractivity contribution is 5.91. The number of likely N-dealkylation sites (tertiary alicyclic amines) is 1. The van der Waals surface area contributed by atoms with Crippen molar-refractivity contribution in [3.05, 3.63) is 47.0 Å². The molecule has 0 saturated carbocycles. The summed E-state index contributed by atoms with van der Waals surface area (Å²) in [5, 5.41) is 8.51. The van der Waals surface area contributed by atoms with Crippen LogP contribution in [0.2, 0.25) is 0 Å². The molecule has 0 bridgehead atoms. The molecule has 39 heavy (non-hydrogen) atoms. The first-order chi connectivity index (χ1) is 18.7. The van der Waals surface area contributed by atoms with Gasteiger partial charge in [0, 0.05) is 51.9 Å². The van der Waals surface area contributed by atoms with E-state index in [0.29, 0.717) is 76.6 Å². The van der Waals surface area contributed by atoms with E-state index in [1.807, 2.05) is 30.9 Å². The van der Waals surface area contributed by atoms with Gasteiger partial charge in [-0.15, -0.1) is 5.10 Å². The molecule has 2 atom stereocenters. The number of nitrogens with two attached hydrogens (primary N) is 1. The van der Waals surface area contributed by atoms with Crippen LogP contribution < -0.4 is 5.73 Å². The zero-order valence-corrected chi connectivity index (χ0v) is 23.3. The number of hydrogen-bond donors (Lipinski definition) is 1. The van der Waals surface area contributed by atoms with Gasteiger partial charge in [-0.2, -0.15) is 0 Å². The molecule has 2 aliphatic heterocycles. The third-order valence-corrected chi connectivity index (χ3v) is 7.78. The number of unbranched alkanes of at least 4 members (excludes halogenated alkanes) is 1. The molecule has 3 heterocycles. The molecule has 0 aliphatic carbocycles. The SMILES string of the molecule is COCCCCc1c(C(N)=O)nnn1[C@H]1C[C@@H](C(=O)N2CCOCC2)CN(CC(C)(C)c2ccccc2F)C1. The van der Waals surface area contributed by atoms with E-state index < -0.39 is 11.3 Å². The lowest BCUT2D eigenvalue weighted by Crippen LogP contribution is -2.52. The minimum Gasteiger partial charge on any atom is -0.385 e. The van der Waals surface area contributed by atoms with E-state index in [1.165, 1.54) is 6.07 Å². The van der Waals surface area contributed by atoms with E-state index >= 15 is 0 Å². The fraction of sp³-hybridized carbons (Fsp3) is 0.643. The van der Waals surface area contributed by atoms with Gasteiger partial charge in [0.15, 0.2) is 5.69 Å². The number of nitrogens with zero attached hydrogens (tertiary/aromatic N) is 5. The summed E-state index contributed by atoms with van der Waals surface area (Å²) < 4.78 is 27.2. The van der Waals surface area contributed by atoms with Crippen LogP contribution in [-0.4, -0.2) is 96.3 Å². The number of primary amides is 1. The summed E-state index contributed by atoms with van der Waals surface area (Å²) >= 11 is 0. The van der Waals surface area contributed by atoms with E-state index in [0.717, 1.165) is 12.8 Å². The number of halogens is 1. The van der Waals surface area contributed by atoms with Crippen molar-refractivity contribution in [2.45, 2.75) is 51.0 Å². The Bertz CT molecular complexity index is 1130. The van der Waals surface area contributed by atoms with Gasteiger partial charge in [0.2, 0.25) is 5.91 Å². The Morgan fingerprint density at radius 2 is 1.92 bits per heavy atom. The van der Waals surface area contributed by atoms with Gasteiger partial charge in [0.1, 0.15) is 5.82 Å². The fourth-order valence-corrected chi connectivity index (χ4v) is 5.91. The third kappa shape index (κ3) is 7.01. The minimum absolute atomic E-state index is 0.0913. The van der Waals surface area contributed by atoms with Crippen LogP contribution in [0.3, 0.4) is 0 Å². The maximum atomic E-state index is 14.8. The van der Waals surface area contributed by atoms with Crippen LogP contribution in [-0.2, 0) is 26.1 Å². The molecule has 2 aliphatic rings. The molecule has 4 rings (SSSR count). The van der Waals surface area contributed by atoms with Crippen molar-refractivity contribution >= 4 is 11.8 Å². The first kappa shape index (κ1) is 29.1. The molecule has 2 N–H and O–H groups in total. The van der Waals surface area contributed by atoms with Crippen LogP contribution in [0.15, 0.2) is 24.3 Å². The molecule has 2 aromatic rings. The van der Waals surface area contributed by atoms with Crippen LogP contribution in [0.25, 0.3) is 0 Å². The second-order valence-corrected chi connectivity index (χ2v) is 11.2. The van der Waals surface area contributed by atoms with Gasteiger partial charge in [0.05, 0.1) is 30.9 Å². The van der Waals surface area contributed by atoms with Gasteiger partial charge in [-0.05, 0) is 37.3 Å². The number of hydrogen-bond acceptors (Lipinski definition) is 7. The van der Waals surface area contributed by atoms with Gasteiger partial charge < -0.3 is 20.1 Å². The maximum Gasteiger partial charge on any atom is 0.271 e. The summed E-state index contributed by atoms with van der Waals surface area (Å²) in [4.78, 5) is 29.9. The molecule has 0 radical (unpaired) electrons. The Labute approximate surface area is 229 Å². The number of piperidine rings is 1. The van der Waals surface area contributed by atoms with E-state index in [2.05, 4.69) is 15.2 Å². The Morgan fingerprint density at radius 1 is 1.18 bits per heavy atom. The van der Waals surface area contributed by atoms with E-state index in [4.69, 9.17) is 15.2 Å². The lowest BCUT2D eigenvalue weighted by molar-refractivity contribution is -0.142. The van der Waals surface area contributed by atoms with Crippen molar-refractivity contribution in [2.75, 3.05) is 59.7 Å². The van der Waals surface area contributed by atoms with Crippen molar-refractivity contribution in [1.82, 2.24) is 24.8 Å². The van der Waals surface area contributed by atoms with Crippen LogP contribution in [0.1, 0.15) is 60.9 Å². The maximum absolute atomic E-state index is 14.8. The van der Waals surface area contributed by atoms with E-state index in [-0.39, 0.29) is 29.4 Å². The van der Waals surface area contributed by atoms with Crippen molar-refractivity contribution < 1.29 is 23.5 Å². The highest BCUT2D eigenvalue weighted by Crippen LogP contribution is 2.33. The van der Waals surface area contributed by atoms with Crippen LogP contribution in [0.4, 0.5) is 4.39 Å². The summed E-state index contributed by atoms with van der Waals surface area (Å²) in [5.74, 6) is -1.04. The molecular formula is C28H41FN6O4. The average Bonchev–Trinajstić information content (AvgIpc) is 3.35. The van der Waals surface area contributed by atoms with Gasteiger partial charge in [0.25, 0.3) is 5.91 Å². The molecule has 2 amide bonds. The summed E-state index contributed by atoms with van der Waals surface area (Å²) in [7, 11) is 1.66. The smallest absolute Gasteiger partial charge is 0.271 e. The lowest BCUT2D eigenvalue weighted by atomic mass is 9.82. The number of ether oxygens (including phenoxy) is 2. The molecule has 2 saturated heterocycles. The molecule has 2 fully saturated rings. The standard InChI is InChI=1S/C28H41FN6O4/c1-28(2,22-8-4-5-9-23(22)29)19-33-17-20(27(37)34-11-14-39-15-12-34)16-21(18-33)35-24(10-6-7-13-38-3)25(26(30)36)31-32-35/h4-5,8-9,20-21H,6-7,10-19H2,1-3H3,(H2,30,36)/t20-,21+/m1/s1. The number of carbonyl (C=O) groups is 2. The number of morpholine rings is 1. The van der Waals surface area contributed by atoms with Crippen LogP contribution in [0.5, 0.6) is 0 Å². The number of aromatic nitrogens is 3. The summed E-state index contributed by atoms with van der Waals surface area (Å²) in [6.07, 6.45) is 2.76. The molecule has 0 unspecified atom stereocenters. The van der Waals surface area contributed by atoms with Crippen LogP contribution >= 0.6 is 0 Å².